The SMILES string of the molecule is CCCCNC(=O)C(Cc1ccccc1)N(Cc1ccc(Cl)cc1)C(=O)CN(c1ccccc1OC)S(=O)(=O)c1ccccc1. The highest BCUT2D eigenvalue weighted by Crippen LogP contribution is 2.32. The monoisotopic (exact) mass is 647 g/mol. The van der Waals surface area contributed by atoms with Crippen LogP contribution in [0, 0.1) is 0 Å². The van der Waals surface area contributed by atoms with Crippen LogP contribution in [0.5, 0.6) is 5.75 Å². The summed E-state index contributed by atoms with van der Waals surface area (Å²) in [5.41, 5.74) is 1.80. The highest BCUT2D eigenvalue weighted by Gasteiger charge is 2.35. The number of rotatable bonds is 15. The fourth-order valence-electron chi connectivity index (χ4n) is 4.92. The summed E-state index contributed by atoms with van der Waals surface area (Å²) in [5.74, 6) is -0.585. The molecule has 0 saturated carbocycles. The van der Waals surface area contributed by atoms with Gasteiger partial charge in [0.2, 0.25) is 11.8 Å². The van der Waals surface area contributed by atoms with Crippen LogP contribution in [0.4, 0.5) is 5.69 Å². The molecular weight excluding hydrogens is 610 g/mol. The summed E-state index contributed by atoms with van der Waals surface area (Å²) in [5, 5.41) is 3.52. The maximum atomic E-state index is 14.5. The van der Waals surface area contributed by atoms with E-state index in [-0.39, 0.29) is 35.2 Å². The van der Waals surface area contributed by atoms with Crippen LogP contribution in [0.3, 0.4) is 0 Å². The van der Waals surface area contributed by atoms with Gasteiger partial charge in [0.15, 0.2) is 0 Å². The zero-order valence-corrected chi connectivity index (χ0v) is 27.0. The Kier molecular flexibility index (Phi) is 12.0. The van der Waals surface area contributed by atoms with Crippen molar-refractivity contribution in [2.24, 2.45) is 0 Å². The minimum atomic E-state index is -4.23. The minimum absolute atomic E-state index is 0.0195. The van der Waals surface area contributed by atoms with Gasteiger partial charge in [0.25, 0.3) is 10.0 Å². The molecule has 4 rings (SSSR count). The number of amides is 2. The van der Waals surface area contributed by atoms with E-state index >= 15 is 0 Å². The molecule has 236 valence electrons. The largest absolute Gasteiger partial charge is 0.495 e. The summed E-state index contributed by atoms with van der Waals surface area (Å²) in [7, 11) is -2.79. The lowest BCUT2D eigenvalue weighted by molar-refractivity contribution is -0.140. The number of sulfonamides is 1. The Bertz CT molecular complexity index is 1650. The molecule has 0 aliphatic rings. The molecule has 0 heterocycles. The van der Waals surface area contributed by atoms with Gasteiger partial charge in [-0.3, -0.25) is 13.9 Å². The zero-order valence-electron chi connectivity index (χ0n) is 25.4. The Morgan fingerprint density at radius 3 is 2.11 bits per heavy atom. The number of para-hydroxylation sites is 2. The average molecular weight is 648 g/mol. The van der Waals surface area contributed by atoms with Crippen LogP contribution in [0.2, 0.25) is 5.02 Å². The molecule has 10 heteroatoms. The van der Waals surface area contributed by atoms with E-state index in [0.29, 0.717) is 11.6 Å². The molecule has 0 spiro atoms. The number of nitrogens with zero attached hydrogens (tertiary/aromatic N) is 2. The second-order valence-corrected chi connectivity index (χ2v) is 12.8. The van der Waals surface area contributed by atoms with Gasteiger partial charge in [-0.15, -0.1) is 0 Å². The maximum absolute atomic E-state index is 14.5. The third-order valence-electron chi connectivity index (χ3n) is 7.33. The molecule has 0 saturated heterocycles. The van der Waals surface area contributed by atoms with Gasteiger partial charge in [-0.25, -0.2) is 8.42 Å². The first kappa shape index (κ1) is 33.6. The fourth-order valence-corrected chi connectivity index (χ4v) is 6.49. The molecule has 8 nitrogen and oxygen atoms in total. The molecule has 4 aromatic carbocycles. The van der Waals surface area contributed by atoms with Crippen molar-refractivity contribution >= 4 is 39.1 Å². The second kappa shape index (κ2) is 16.1. The van der Waals surface area contributed by atoms with Crippen molar-refractivity contribution in [3.05, 3.63) is 125 Å². The van der Waals surface area contributed by atoms with Crippen molar-refractivity contribution in [3.63, 3.8) is 0 Å². The van der Waals surface area contributed by atoms with Crippen LogP contribution in [-0.4, -0.2) is 51.4 Å². The van der Waals surface area contributed by atoms with E-state index in [2.05, 4.69) is 5.32 Å². The number of hydrogen-bond donors (Lipinski definition) is 1. The van der Waals surface area contributed by atoms with Gasteiger partial charge in [-0.2, -0.15) is 0 Å². The van der Waals surface area contributed by atoms with Crippen LogP contribution in [0.15, 0.2) is 114 Å². The summed E-state index contributed by atoms with van der Waals surface area (Å²) in [6.45, 7) is 1.97. The van der Waals surface area contributed by atoms with E-state index in [0.717, 1.165) is 28.3 Å². The van der Waals surface area contributed by atoms with E-state index in [1.54, 1.807) is 66.7 Å². The molecular formula is C35H38ClN3O5S. The van der Waals surface area contributed by atoms with Crippen molar-refractivity contribution in [3.8, 4) is 5.75 Å². The van der Waals surface area contributed by atoms with Gasteiger partial charge in [0.05, 0.1) is 17.7 Å². The van der Waals surface area contributed by atoms with E-state index < -0.39 is 28.5 Å². The number of halogens is 1. The summed E-state index contributed by atoms with van der Waals surface area (Å²) < 4.78 is 34.8. The smallest absolute Gasteiger partial charge is 0.264 e. The van der Waals surface area contributed by atoms with Crippen molar-refractivity contribution in [2.75, 3.05) is 24.5 Å². The topological polar surface area (TPSA) is 96.0 Å². The first-order chi connectivity index (χ1) is 21.7. The van der Waals surface area contributed by atoms with Crippen LogP contribution in [0.1, 0.15) is 30.9 Å². The lowest BCUT2D eigenvalue weighted by Gasteiger charge is -2.34. The first-order valence-electron chi connectivity index (χ1n) is 14.8. The maximum Gasteiger partial charge on any atom is 0.264 e. The molecule has 1 N–H and O–H groups in total. The Balaban J connectivity index is 1.80. The predicted molar refractivity (Wildman–Crippen MR) is 178 cm³/mol. The number of anilines is 1. The molecule has 1 atom stereocenters. The van der Waals surface area contributed by atoms with E-state index in [1.807, 2.05) is 37.3 Å². The summed E-state index contributed by atoms with van der Waals surface area (Å²) in [6.07, 6.45) is 1.91. The van der Waals surface area contributed by atoms with E-state index in [4.69, 9.17) is 16.3 Å². The fraction of sp³-hybridized carbons (Fsp3) is 0.257. The molecule has 0 bridgehead atoms. The summed E-state index contributed by atoms with van der Waals surface area (Å²) in [4.78, 5) is 29.8. The number of nitrogens with one attached hydrogen (secondary N) is 1. The van der Waals surface area contributed by atoms with Gasteiger partial charge in [0, 0.05) is 24.5 Å². The van der Waals surface area contributed by atoms with Gasteiger partial charge in [-0.05, 0) is 53.9 Å². The number of benzene rings is 4. The molecule has 2 amide bonds. The Morgan fingerprint density at radius 1 is 0.844 bits per heavy atom. The van der Waals surface area contributed by atoms with Crippen molar-refractivity contribution in [1.29, 1.82) is 0 Å². The predicted octanol–water partition coefficient (Wildman–Crippen LogP) is 6.10. The van der Waals surface area contributed by atoms with Crippen LogP contribution in [0.25, 0.3) is 0 Å². The Hall–Kier alpha value is -4.34. The standard InChI is InChI=1S/C35H38ClN3O5S/c1-3-4-23-37-35(41)32(24-27-13-7-5-8-14-27)38(25-28-19-21-29(36)22-20-28)34(40)26-39(31-17-11-12-18-33(31)44-2)45(42,43)30-15-9-6-10-16-30/h5-22,32H,3-4,23-26H2,1-2H3,(H,37,41). The zero-order chi connectivity index (χ0) is 32.2. The summed E-state index contributed by atoms with van der Waals surface area (Å²) >= 11 is 6.15. The normalized spacial score (nSPS) is 11.8. The van der Waals surface area contributed by atoms with Crippen LogP contribution in [-0.2, 0) is 32.6 Å². The van der Waals surface area contributed by atoms with Gasteiger partial charge >= 0.3 is 0 Å². The minimum Gasteiger partial charge on any atom is -0.495 e. The van der Waals surface area contributed by atoms with E-state index in [1.165, 1.54) is 24.1 Å². The molecule has 1 unspecified atom stereocenters. The summed E-state index contributed by atoms with van der Waals surface area (Å²) in [6, 6.07) is 30.1. The van der Waals surface area contributed by atoms with Crippen molar-refractivity contribution in [2.45, 2.75) is 43.7 Å². The third-order valence-corrected chi connectivity index (χ3v) is 9.36. The number of ether oxygens (including phenoxy) is 1. The number of methoxy groups -OCH3 is 1. The number of hydrogen-bond acceptors (Lipinski definition) is 5. The lowest BCUT2D eigenvalue weighted by Crippen LogP contribution is -2.53. The van der Waals surface area contributed by atoms with Gasteiger partial charge < -0.3 is 15.0 Å². The Labute approximate surface area is 270 Å². The molecule has 0 aliphatic carbocycles. The Morgan fingerprint density at radius 2 is 1.47 bits per heavy atom. The molecule has 4 aromatic rings. The quantitative estimate of drug-likeness (QED) is 0.157. The van der Waals surface area contributed by atoms with Crippen LogP contribution >= 0.6 is 11.6 Å². The molecule has 0 radical (unpaired) electrons. The van der Waals surface area contributed by atoms with Crippen molar-refractivity contribution < 1.29 is 22.7 Å². The van der Waals surface area contributed by atoms with Crippen LogP contribution < -0.4 is 14.4 Å². The van der Waals surface area contributed by atoms with Crippen molar-refractivity contribution in [1.82, 2.24) is 10.2 Å². The molecule has 0 aliphatic heterocycles. The molecule has 0 fully saturated rings. The molecule has 45 heavy (non-hydrogen) atoms. The number of carbonyl (C=O) groups excluding carboxylic acids is 2. The number of carbonyl (C=O) groups is 2. The van der Waals surface area contributed by atoms with Gasteiger partial charge in [0.1, 0.15) is 18.3 Å². The second-order valence-electron chi connectivity index (χ2n) is 10.5. The first-order valence-corrected chi connectivity index (χ1v) is 16.6. The van der Waals surface area contributed by atoms with E-state index in [9.17, 15) is 18.0 Å². The van der Waals surface area contributed by atoms with Gasteiger partial charge in [-0.1, -0.05) is 97.7 Å². The highest BCUT2D eigenvalue weighted by atomic mass is 35.5. The molecule has 0 aromatic heterocycles. The lowest BCUT2D eigenvalue weighted by atomic mass is 10.0. The average Bonchev–Trinajstić information content (AvgIpc) is 3.06. The third kappa shape index (κ3) is 8.86. The number of unbranched alkanes of at least 4 members (excludes halogenated alkanes) is 1. The highest BCUT2D eigenvalue weighted by molar-refractivity contribution is 7.92.